The average molecular weight is 193 g/mol. The maximum absolute atomic E-state index is 2.28. The van der Waals surface area contributed by atoms with E-state index >= 15 is 0 Å². The number of rotatable bonds is 3. The van der Waals surface area contributed by atoms with Gasteiger partial charge in [-0.05, 0) is 27.6 Å². The van der Waals surface area contributed by atoms with Crippen molar-refractivity contribution < 1.29 is 0 Å². The molecule has 14 heavy (non-hydrogen) atoms. The SMILES string of the molecule is CCB(CC)C1=CC=CC1.CN(C)C. The molecule has 1 rings (SSSR count). The van der Waals surface area contributed by atoms with Crippen molar-refractivity contribution in [2.45, 2.75) is 32.9 Å². The highest BCUT2D eigenvalue weighted by Gasteiger charge is 2.13. The van der Waals surface area contributed by atoms with E-state index in [1.807, 2.05) is 26.0 Å². The van der Waals surface area contributed by atoms with Crippen molar-refractivity contribution in [3.63, 3.8) is 0 Å². The van der Waals surface area contributed by atoms with Crippen LogP contribution >= 0.6 is 0 Å². The predicted molar refractivity (Wildman–Crippen MR) is 68.2 cm³/mol. The highest BCUT2D eigenvalue weighted by Crippen LogP contribution is 2.18. The molecule has 0 aromatic heterocycles. The van der Waals surface area contributed by atoms with Gasteiger partial charge in [-0.25, -0.2) is 0 Å². The topological polar surface area (TPSA) is 3.24 Å². The van der Waals surface area contributed by atoms with Crippen LogP contribution in [-0.2, 0) is 0 Å². The first-order valence-corrected chi connectivity index (χ1v) is 5.58. The van der Waals surface area contributed by atoms with Gasteiger partial charge in [0.25, 0.3) is 0 Å². The minimum atomic E-state index is 0.843. The minimum absolute atomic E-state index is 0.843. The normalized spacial score (nSPS) is 13.7. The van der Waals surface area contributed by atoms with Gasteiger partial charge in [-0.3, -0.25) is 0 Å². The Labute approximate surface area is 90.0 Å². The third-order valence-corrected chi connectivity index (χ3v) is 2.31. The lowest BCUT2D eigenvalue weighted by Gasteiger charge is -2.08. The molecule has 1 aliphatic rings. The Balaban J connectivity index is 0.000000364. The second kappa shape index (κ2) is 7.87. The number of hydrogen-bond acceptors (Lipinski definition) is 1. The van der Waals surface area contributed by atoms with E-state index in [-0.39, 0.29) is 0 Å². The Morgan fingerprint density at radius 2 is 1.71 bits per heavy atom. The van der Waals surface area contributed by atoms with Crippen LogP contribution in [0.25, 0.3) is 0 Å². The molecule has 0 radical (unpaired) electrons. The average Bonchev–Trinajstić information content (AvgIpc) is 2.58. The lowest BCUT2D eigenvalue weighted by Crippen LogP contribution is -2.11. The van der Waals surface area contributed by atoms with Gasteiger partial charge in [-0.2, -0.15) is 0 Å². The third kappa shape index (κ3) is 6.03. The van der Waals surface area contributed by atoms with Crippen LogP contribution < -0.4 is 0 Å². The summed E-state index contributed by atoms with van der Waals surface area (Å²) >= 11 is 0. The molecule has 0 spiro atoms. The zero-order valence-corrected chi connectivity index (χ0v) is 10.4. The summed E-state index contributed by atoms with van der Waals surface area (Å²) in [6.45, 7) is 5.38. The Hall–Kier alpha value is -0.495. The fraction of sp³-hybridized carbons (Fsp3) is 0.667. The fourth-order valence-electron chi connectivity index (χ4n) is 1.58. The fourth-order valence-corrected chi connectivity index (χ4v) is 1.58. The molecule has 80 valence electrons. The highest BCUT2D eigenvalue weighted by atomic mass is 15.0. The molecule has 0 aromatic rings. The van der Waals surface area contributed by atoms with E-state index in [1.54, 1.807) is 5.47 Å². The lowest BCUT2D eigenvalue weighted by molar-refractivity contribution is 0.505. The smallest absolute Gasteiger partial charge is 0.170 e. The summed E-state index contributed by atoms with van der Waals surface area (Å²) in [5.74, 6) is 0. The molecule has 0 bridgehead atoms. The van der Waals surface area contributed by atoms with Crippen LogP contribution in [0.4, 0.5) is 0 Å². The van der Waals surface area contributed by atoms with Gasteiger partial charge in [0, 0.05) is 0 Å². The Morgan fingerprint density at radius 1 is 1.21 bits per heavy atom. The molecule has 0 saturated heterocycles. The monoisotopic (exact) mass is 193 g/mol. The lowest BCUT2D eigenvalue weighted by atomic mass is 9.40. The van der Waals surface area contributed by atoms with E-state index in [0.717, 1.165) is 6.71 Å². The second-order valence-corrected chi connectivity index (χ2v) is 4.23. The van der Waals surface area contributed by atoms with E-state index < -0.39 is 0 Å². The summed E-state index contributed by atoms with van der Waals surface area (Å²) in [5, 5.41) is 0. The Kier molecular flexibility index (Phi) is 7.59. The van der Waals surface area contributed by atoms with Crippen molar-refractivity contribution in [3.8, 4) is 0 Å². The van der Waals surface area contributed by atoms with Crippen LogP contribution in [0.2, 0.25) is 12.6 Å². The first kappa shape index (κ1) is 13.5. The summed E-state index contributed by atoms with van der Waals surface area (Å²) < 4.78 is 0. The van der Waals surface area contributed by atoms with E-state index in [1.165, 1.54) is 19.1 Å². The van der Waals surface area contributed by atoms with Crippen LogP contribution in [-0.4, -0.2) is 32.8 Å². The molecule has 0 amide bonds. The highest BCUT2D eigenvalue weighted by molar-refractivity contribution is 6.66. The summed E-state index contributed by atoms with van der Waals surface area (Å²) in [5.41, 5.74) is 1.63. The summed E-state index contributed by atoms with van der Waals surface area (Å²) in [7, 11) is 6.00. The summed E-state index contributed by atoms with van der Waals surface area (Å²) in [4.78, 5) is 2.00. The molecule has 1 aliphatic carbocycles. The molecule has 0 aromatic carbocycles. The minimum Gasteiger partial charge on any atom is -0.312 e. The first-order chi connectivity index (χ1) is 6.61. The molecule has 2 heteroatoms. The molecule has 0 atom stereocenters. The molecular weight excluding hydrogens is 169 g/mol. The Morgan fingerprint density at radius 3 is 2.00 bits per heavy atom. The molecule has 0 aliphatic heterocycles. The van der Waals surface area contributed by atoms with Crippen molar-refractivity contribution in [2.75, 3.05) is 21.1 Å². The van der Waals surface area contributed by atoms with Crippen molar-refractivity contribution in [3.05, 3.63) is 23.7 Å². The zero-order chi connectivity index (χ0) is 11.0. The van der Waals surface area contributed by atoms with Gasteiger partial charge in [0.2, 0.25) is 0 Å². The predicted octanol–water partition coefficient (Wildman–Crippen LogP) is 3.12. The van der Waals surface area contributed by atoms with E-state index in [2.05, 4.69) is 32.1 Å². The molecule has 0 unspecified atom stereocenters. The Bertz CT molecular complexity index is 188. The van der Waals surface area contributed by atoms with E-state index in [0.29, 0.717) is 0 Å². The molecule has 1 nitrogen and oxygen atoms in total. The summed E-state index contributed by atoms with van der Waals surface area (Å²) in [6.07, 6.45) is 10.5. The van der Waals surface area contributed by atoms with Crippen molar-refractivity contribution >= 4 is 6.71 Å². The quantitative estimate of drug-likeness (QED) is 0.622. The standard InChI is InChI=1S/C9H15B.C3H9N/c1-3-10(4-2)9-7-5-6-8-9;1-4(2)3/h5-7H,3-4,8H2,1-2H3;1-3H3. The second-order valence-electron chi connectivity index (χ2n) is 4.23. The van der Waals surface area contributed by atoms with Gasteiger partial charge in [0.1, 0.15) is 0 Å². The van der Waals surface area contributed by atoms with Gasteiger partial charge in [0.15, 0.2) is 6.71 Å². The maximum atomic E-state index is 2.28. The van der Waals surface area contributed by atoms with Crippen molar-refractivity contribution in [1.29, 1.82) is 0 Å². The van der Waals surface area contributed by atoms with Gasteiger partial charge < -0.3 is 4.90 Å². The number of hydrogen-bond donors (Lipinski definition) is 0. The van der Waals surface area contributed by atoms with Crippen LogP contribution in [0.3, 0.4) is 0 Å². The maximum Gasteiger partial charge on any atom is 0.170 e. The van der Waals surface area contributed by atoms with Crippen LogP contribution in [0.5, 0.6) is 0 Å². The molecule has 0 fully saturated rings. The van der Waals surface area contributed by atoms with Crippen molar-refractivity contribution in [1.82, 2.24) is 4.90 Å². The molecular formula is C12H24BN. The summed E-state index contributed by atoms with van der Waals surface area (Å²) in [6, 6.07) is 0. The van der Waals surface area contributed by atoms with Gasteiger partial charge in [-0.15, -0.1) is 0 Å². The van der Waals surface area contributed by atoms with Crippen LogP contribution in [0, 0.1) is 0 Å². The van der Waals surface area contributed by atoms with Gasteiger partial charge in [-0.1, -0.05) is 50.2 Å². The number of allylic oxidation sites excluding steroid dienone is 4. The largest absolute Gasteiger partial charge is 0.312 e. The first-order valence-electron chi connectivity index (χ1n) is 5.58. The zero-order valence-electron chi connectivity index (χ0n) is 10.4. The number of nitrogens with zero attached hydrogens (tertiary/aromatic N) is 1. The van der Waals surface area contributed by atoms with Gasteiger partial charge in [0.05, 0.1) is 0 Å². The third-order valence-electron chi connectivity index (χ3n) is 2.31. The molecule has 0 N–H and O–H groups in total. The van der Waals surface area contributed by atoms with Crippen molar-refractivity contribution in [2.24, 2.45) is 0 Å². The van der Waals surface area contributed by atoms with E-state index in [4.69, 9.17) is 0 Å². The van der Waals surface area contributed by atoms with E-state index in [9.17, 15) is 0 Å². The van der Waals surface area contributed by atoms with Crippen LogP contribution in [0.1, 0.15) is 20.3 Å². The van der Waals surface area contributed by atoms with Gasteiger partial charge >= 0.3 is 0 Å². The van der Waals surface area contributed by atoms with Crippen LogP contribution in [0.15, 0.2) is 23.7 Å². The molecule has 0 saturated carbocycles. The molecule has 0 heterocycles.